The van der Waals surface area contributed by atoms with E-state index in [2.05, 4.69) is 46.8 Å². The van der Waals surface area contributed by atoms with Gasteiger partial charge >= 0.3 is 0 Å². The highest BCUT2D eigenvalue weighted by Gasteiger charge is 2.11. The molecule has 0 radical (unpaired) electrons. The molecule has 1 heterocycles. The van der Waals surface area contributed by atoms with Crippen LogP contribution in [0, 0.1) is 6.92 Å². The SMILES string of the molecule is CCc1ccc(NC(=O)CSc2nnc(CNc3ccc(C)cc3)n2C)cc1. The number of benzene rings is 2. The summed E-state index contributed by atoms with van der Waals surface area (Å²) in [7, 11) is 1.91. The molecule has 146 valence electrons. The predicted octanol–water partition coefficient (Wildman–Crippen LogP) is 4.03. The van der Waals surface area contributed by atoms with Crippen molar-refractivity contribution in [1.82, 2.24) is 14.8 Å². The summed E-state index contributed by atoms with van der Waals surface area (Å²) in [6, 6.07) is 16.1. The maximum absolute atomic E-state index is 12.2. The number of aromatic nitrogens is 3. The van der Waals surface area contributed by atoms with Gasteiger partial charge in [-0.1, -0.05) is 48.5 Å². The average molecular weight is 396 g/mol. The fourth-order valence-electron chi connectivity index (χ4n) is 2.63. The lowest BCUT2D eigenvalue weighted by Crippen LogP contribution is -2.14. The van der Waals surface area contributed by atoms with Crippen molar-refractivity contribution in [3.05, 3.63) is 65.5 Å². The van der Waals surface area contributed by atoms with E-state index in [0.717, 1.165) is 28.8 Å². The largest absolute Gasteiger partial charge is 0.378 e. The zero-order valence-corrected chi connectivity index (χ0v) is 17.2. The zero-order chi connectivity index (χ0) is 19.9. The predicted molar refractivity (Wildman–Crippen MR) is 115 cm³/mol. The molecule has 3 aromatic rings. The second-order valence-electron chi connectivity index (χ2n) is 6.56. The molecule has 1 amide bonds. The highest BCUT2D eigenvalue weighted by atomic mass is 32.2. The topological polar surface area (TPSA) is 71.8 Å². The number of nitrogens with one attached hydrogen (secondary N) is 2. The van der Waals surface area contributed by atoms with Crippen molar-refractivity contribution in [2.75, 3.05) is 16.4 Å². The average Bonchev–Trinajstić information content (AvgIpc) is 3.06. The van der Waals surface area contributed by atoms with Crippen LogP contribution in [0.3, 0.4) is 0 Å². The maximum atomic E-state index is 12.2. The van der Waals surface area contributed by atoms with E-state index >= 15 is 0 Å². The van der Waals surface area contributed by atoms with Gasteiger partial charge in [0, 0.05) is 18.4 Å². The molecular formula is C21H25N5OS. The minimum Gasteiger partial charge on any atom is -0.378 e. The molecule has 1 aromatic heterocycles. The van der Waals surface area contributed by atoms with Crippen LogP contribution in [0.5, 0.6) is 0 Å². The van der Waals surface area contributed by atoms with Gasteiger partial charge in [0.1, 0.15) is 0 Å². The number of carbonyl (C=O) groups excluding carboxylic acids is 1. The van der Waals surface area contributed by atoms with E-state index in [9.17, 15) is 4.79 Å². The van der Waals surface area contributed by atoms with E-state index in [-0.39, 0.29) is 11.7 Å². The van der Waals surface area contributed by atoms with Crippen LogP contribution in [0.4, 0.5) is 11.4 Å². The standard InChI is InChI=1S/C21H25N5OS/c1-4-16-7-11-18(12-8-16)23-20(27)14-28-21-25-24-19(26(21)3)13-22-17-9-5-15(2)6-10-17/h5-12,22H,4,13-14H2,1-3H3,(H,23,27). The van der Waals surface area contributed by atoms with Crippen LogP contribution >= 0.6 is 11.8 Å². The number of amides is 1. The summed E-state index contributed by atoms with van der Waals surface area (Å²) in [4.78, 5) is 12.2. The van der Waals surface area contributed by atoms with Gasteiger partial charge in [-0.3, -0.25) is 4.79 Å². The van der Waals surface area contributed by atoms with Crippen molar-refractivity contribution in [1.29, 1.82) is 0 Å². The third-order valence-corrected chi connectivity index (χ3v) is 5.43. The number of carbonyl (C=O) groups is 1. The molecule has 2 N–H and O–H groups in total. The van der Waals surface area contributed by atoms with E-state index in [4.69, 9.17) is 0 Å². The molecule has 0 aliphatic heterocycles. The Kier molecular flexibility index (Phi) is 6.71. The molecule has 0 saturated carbocycles. The highest BCUT2D eigenvalue weighted by molar-refractivity contribution is 7.99. The van der Waals surface area contributed by atoms with Crippen molar-refractivity contribution in [2.45, 2.75) is 32.0 Å². The Morgan fingerprint density at radius 2 is 1.71 bits per heavy atom. The number of hydrogen-bond donors (Lipinski definition) is 2. The van der Waals surface area contributed by atoms with Gasteiger partial charge in [-0.2, -0.15) is 0 Å². The first-order valence-corrected chi connectivity index (χ1v) is 10.2. The zero-order valence-electron chi connectivity index (χ0n) is 16.4. The van der Waals surface area contributed by atoms with Gasteiger partial charge in [0.05, 0.1) is 12.3 Å². The van der Waals surface area contributed by atoms with Crippen LogP contribution in [0.2, 0.25) is 0 Å². The number of thioether (sulfide) groups is 1. The van der Waals surface area contributed by atoms with Crippen LogP contribution in [0.1, 0.15) is 23.9 Å². The molecule has 0 saturated heterocycles. The summed E-state index contributed by atoms with van der Waals surface area (Å²) in [6.07, 6.45) is 0.983. The lowest BCUT2D eigenvalue weighted by Gasteiger charge is -2.08. The quantitative estimate of drug-likeness (QED) is 0.564. The minimum atomic E-state index is -0.0587. The molecule has 6 nitrogen and oxygen atoms in total. The molecule has 28 heavy (non-hydrogen) atoms. The Bertz CT molecular complexity index is 919. The summed E-state index contributed by atoms with van der Waals surface area (Å²) in [5.41, 5.74) is 4.32. The summed E-state index contributed by atoms with van der Waals surface area (Å²) < 4.78 is 1.91. The summed E-state index contributed by atoms with van der Waals surface area (Å²) >= 11 is 1.38. The Balaban J connectivity index is 1.50. The van der Waals surface area contributed by atoms with Crippen LogP contribution < -0.4 is 10.6 Å². The fraction of sp³-hybridized carbons (Fsp3) is 0.286. The van der Waals surface area contributed by atoms with Gasteiger partial charge in [0.25, 0.3) is 0 Å². The fourth-order valence-corrected chi connectivity index (χ4v) is 3.36. The van der Waals surface area contributed by atoms with Crippen molar-refractivity contribution in [2.24, 2.45) is 7.05 Å². The summed E-state index contributed by atoms with van der Waals surface area (Å²) in [5.74, 6) is 1.04. The second kappa shape index (κ2) is 9.41. The monoisotopic (exact) mass is 395 g/mol. The van der Waals surface area contributed by atoms with Gasteiger partial charge in [-0.25, -0.2) is 0 Å². The molecule has 3 rings (SSSR count). The molecule has 7 heteroatoms. The van der Waals surface area contributed by atoms with Crippen molar-refractivity contribution < 1.29 is 4.79 Å². The second-order valence-corrected chi connectivity index (χ2v) is 7.51. The highest BCUT2D eigenvalue weighted by Crippen LogP contribution is 2.18. The Labute approximate surface area is 169 Å². The molecule has 0 spiro atoms. The minimum absolute atomic E-state index is 0.0587. The lowest BCUT2D eigenvalue weighted by molar-refractivity contribution is -0.113. The molecule has 0 aliphatic rings. The third kappa shape index (κ3) is 5.36. The Morgan fingerprint density at radius 3 is 2.39 bits per heavy atom. The first kappa shape index (κ1) is 19.9. The molecule has 2 aromatic carbocycles. The van der Waals surface area contributed by atoms with E-state index in [1.807, 2.05) is 48.0 Å². The van der Waals surface area contributed by atoms with E-state index in [1.54, 1.807) is 0 Å². The Morgan fingerprint density at radius 1 is 1.04 bits per heavy atom. The van der Waals surface area contributed by atoms with Gasteiger partial charge in [-0.05, 0) is 43.2 Å². The number of hydrogen-bond acceptors (Lipinski definition) is 5. The van der Waals surface area contributed by atoms with Gasteiger partial charge in [0.15, 0.2) is 11.0 Å². The van der Waals surface area contributed by atoms with Crippen LogP contribution in [-0.4, -0.2) is 26.4 Å². The van der Waals surface area contributed by atoms with E-state index in [0.29, 0.717) is 6.54 Å². The number of nitrogens with zero attached hydrogens (tertiary/aromatic N) is 3. The molecule has 0 unspecified atom stereocenters. The molecular weight excluding hydrogens is 370 g/mol. The van der Waals surface area contributed by atoms with Crippen LogP contribution in [0.15, 0.2) is 53.7 Å². The number of anilines is 2. The van der Waals surface area contributed by atoms with Crippen LogP contribution in [-0.2, 0) is 24.8 Å². The molecule has 0 fully saturated rings. The van der Waals surface area contributed by atoms with Crippen molar-refractivity contribution in [3.8, 4) is 0 Å². The smallest absolute Gasteiger partial charge is 0.234 e. The lowest BCUT2D eigenvalue weighted by atomic mass is 10.1. The number of rotatable bonds is 8. The number of aryl methyl sites for hydroxylation is 2. The summed E-state index contributed by atoms with van der Waals surface area (Å²) in [5, 5.41) is 15.4. The van der Waals surface area contributed by atoms with Crippen molar-refractivity contribution in [3.63, 3.8) is 0 Å². The first-order valence-electron chi connectivity index (χ1n) is 9.25. The molecule has 0 bridgehead atoms. The molecule has 0 aliphatic carbocycles. The first-order chi connectivity index (χ1) is 13.5. The van der Waals surface area contributed by atoms with Gasteiger partial charge < -0.3 is 15.2 Å². The van der Waals surface area contributed by atoms with Gasteiger partial charge in [0.2, 0.25) is 5.91 Å². The van der Waals surface area contributed by atoms with Crippen LogP contribution in [0.25, 0.3) is 0 Å². The van der Waals surface area contributed by atoms with E-state index in [1.165, 1.54) is 22.9 Å². The Hall–Kier alpha value is -2.80. The van der Waals surface area contributed by atoms with Gasteiger partial charge in [-0.15, -0.1) is 10.2 Å². The van der Waals surface area contributed by atoms with E-state index < -0.39 is 0 Å². The van der Waals surface area contributed by atoms with Crippen molar-refractivity contribution >= 4 is 29.0 Å². The summed E-state index contributed by atoms with van der Waals surface area (Å²) in [6.45, 7) is 4.74. The normalized spacial score (nSPS) is 10.7. The third-order valence-electron chi connectivity index (χ3n) is 4.41. The molecule has 0 atom stereocenters. The maximum Gasteiger partial charge on any atom is 0.234 e.